The molecule has 1 saturated carbocycles. The smallest absolute Gasteiger partial charge is 0.335 e. The van der Waals surface area contributed by atoms with Gasteiger partial charge < -0.3 is 71.9 Å². The SMILES string of the molecule is CCCCCC(=O)OC1C[C@H]2CC(C(=O)NCCCCN=C(N)N)N(C(=O)C(CC(C)C)NC(=O)C(O)Cc3ccc(O)cc3)[C@H]2CC1OC1OC(C(=O)O)C(O)C(O)C1O. The van der Waals surface area contributed by atoms with Gasteiger partial charge in [0.15, 0.2) is 18.4 Å². The molecule has 2 aliphatic heterocycles. The molecule has 10 unspecified atom stereocenters. The zero-order chi connectivity index (χ0) is 45.0. The maximum absolute atomic E-state index is 14.9. The number of hydrogen-bond acceptors (Lipinski definition) is 14. The number of unbranched alkanes of at least 4 members (excludes halogenated alkanes) is 3. The number of carbonyl (C=O) groups excluding carboxylic acids is 4. The Kier molecular flexibility index (Phi) is 18.5. The van der Waals surface area contributed by atoms with Crippen LogP contribution in [0.15, 0.2) is 29.3 Å². The Labute approximate surface area is 355 Å². The van der Waals surface area contributed by atoms with E-state index in [1.807, 2.05) is 20.8 Å². The van der Waals surface area contributed by atoms with Gasteiger partial charge in [-0.05, 0) is 74.5 Å². The molecule has 3 fully saturated rings. The van der Waals surface area contributed by atoms with E-state index in [2.05, 4.69) is 15.6 Å². The molecule has 20 nitrogen and oxygen atoms in total. The minimum atomic E-state index is -1.99. The summed E-state index contributed by atoms with van der Waals surface area (Å²) in [6, 6.07) is 2.87. The number of carbonyl (C=O) groups is 5. The Morgan fingerprint density at radius 3 is 2.30 bits per heavy atom. The average Bonchev–Trinajstić information content (AvgIpc) is 3.57. The van der Waals surface area contributed by atoms with Gasteiger partial charge in [0.2, 0.25) is 17.7 Å². The lowest BCUT2D eigenvalue weighted by atomic mass is 9.80. The Morgan fingerprint density at radius 1 is 0.951 bits per heavy atom. The Bertz CT molecular complexity index is 1660. The average molecular weight is 865 g/mol. The highest BCUT2D eigenvalue weighted by Gasteiger charge is 2.55. The molecule has 3 aliphatic rings. The van der Waals surface area contributed by atoms with Crippen molar-refractivity contribution < 1.29 is 68.8 Å². The summed E-state index contributed by atoms with van der Waals surface area (Å²) in [5.74, 6) is -4.75. The van der Waals surface area contributed by atoms with E-state index < -0.39 is 103 Å². The molecular weight excluding hydrogens is 800 g/mol. The number of carboxylic acids is 1. The molecule has 0 radical (unpaired) electrons. The van der Waals surface area contributed by atoms with Crippen LogP contribution < -0.4 is 22.1 Å². The first-order chi connectivity index (χ1) is 28.9. The van der Waals surface area contributed by atoms with Crippen LogP contribution in [0.4, 0.5) is 0 Å². The number of guanidine groups is 1. The molecule has 2 heterocycles. The zero-order valence-electron chi connectivity index (χ0n) is 35.0. The second-order valence-corrected chi connectivity index (χ2v) is 16.6. The Morgan fingerprint density at radius 2 is 1.66 bits per heavy atom. The highest BCUT2D eigenvalue weighted by Crippen LogP contribution is 2.43. The van der Waals surface area contributed by atoms with Gasteiger partial charge in [-0.2, -0.15) is 0 Å². The summed E-state index contributed by atoms with van der Waals surface area (Å²) in [6.45, 7) is 6.22. The topological polar surface area (TPSA) is 326 Å². The molecular formula is C41H64N6O14. The van der Waals surface area contributed by atoms with Crippen molar-refractivity contribution >= 4 is 35.6 Å². The number of aliphatic hydroxyl groups is 4. The van der Waals surface area contributed by atoms with Gasteiger partial charge in [0.25, 0.3) is 0 Å². The number of nitrogens with one attached hydrogen (secondary N) is 2. The van der Waals surface area contributed by atoms with E-state index in [4.69, 9.17) is 25.7 Å². The largest absolute Gasteiger partial charge is 0.508 e. The number of aliphatic hydroxyl groups excluding tert-OH is 4. The third-order valence-corrected chi connectivity index (χ3v) is 11.3. The molecule has 342 valence electrons. The number of aliphatic imine (C=N–C) groups is 1. The highest BCUT2D eigenvalue weighted by atomic mass is 16.7. The van der Waals surface area contributed by atoms with Crippen LogP contribution in [-0.4, -0.2) is 151 Å². The summed E-state index contributed by atoms with van der Waals surface area (Å²) in [7, 11) is 0. The molecule has 2 saturated heterocycles. The first-order valence-electron chi connectivity index (χ1n) is 21.1. The van der Waals surface area contributed by atoms with Crippen molar-refractivity contribution in [2.24, 2.45) is 28.3 Å². The van der Waals surface area contributed by atoms with Crippen molar-refractivity contribution in [1.82, 2.24) is 15.5 Å². The fraction of sp³-hybridized carbons (Fsp3) is 0.707. The molecule has 12 N–H and O–H groups in total. The molecule has 20 heteroatoms. The zero-order valence-corrected chi connectivity index (χ0v) is 35.0. The van der Waals surface area contributed by atoms with Crippen molar-refractivity contribution in [2.45, 2.75) is 159 Å². The number of esters is 1. The van der Waals surface area contributed by atoms with Gasteiger partial charge in [-0.25, -0.2) is 4.79 Å². The number of carboxylic acid groups (broad SMARTS) is 1. The van der Waals surface area contributed by atoms with Crippen LogP contribution >= 0.6 is 0 Å². The van der Waals surface area contributed by atoms with Crippen LogP contribution in [0, 0.1) is 11.8 Å². The van der Waals surface area contributed by atoms with Crippen LogP contribution in [-0.2, 0) is 44.6 Å². The maximum atomic E-state index is 14.9. The summed E-state index contributed by atoms with van der Waals surface area (Å²) in [5, 5.41) is 67.6. The number of ether oxygens (including phenoxy) is 3. The summed E-state index contributed by atoms with van der Waals surface area (Å²) in [4.78, 5) is 72.9. The lowest BCUT2D eigenvalue weighted by Gasteiger charge is -2.45. The van der Waals surface area contributed by atoms with Crippen LogP contribution in [0.5, 0.6) is 5.75 Å². The molecule has 61 heavy (non-hydrogen) atoms. The predicted octanol–water partition coefficient (Wildman–Crippen LogP) is -0.855. The van der Waals surface area contributed by atoms with Gasteiger partial charge in [-0.3, -0.25) is 24.2 Å². The van der Waals surface area contributed by atoms with E-state index in [-0.39, 0.29) is 62.7 Å². The third-order valence-electron chi connectivity index (χ3n) is 11.3. The molecule has 0 bridgehead atoms. The number of aromatic hydroxyl groups is 1. The van der Waals surface area contributed by atoms with Crippen LogP contribution in [0.25, 0.3) is 0 Å². The monoisotopic (exact) mass is 864 g/mol. The number of rotatable bonds is 21. The number of amides is 3. The van der Waals surface area contributed by atoms with Crippen molar-refractivity contribution in [2.75, 3.05) is 13.1 Å². The van der Waals surface area contributed by atoms with Crippen LogP contribution in [0.2, 0.25) is 0 Å². The standard InChI is InChI=1S/C41H64N6O14/c1-4-5-6-9-31(50)59-29-19-23-18-27(36(54)44-14-7-8-15-45-41(42)43)47(26(23)20-30(29)60-40-34(53)32(51)33(52)35(61-40)39(57)58)38(56)25(16-21(2)3)46-37(55)28(49)17-22-10-12-24(48)13-11-22/h10-13,21,23,25-30,32-35,40,48-49,51-53H,4-9,14-20H2,1-3H3,(H,44,54)(H,46,55)(H,57,58)(H4,42,43,45)/t23-,25?,26+,27?,28?,29?,30?,32?,33?,34?,35?,40?/m1/s1. The molecule has 0 spiro atoms. The lowest BCUT2D eigenvalue weighted by molar-refractivity contribution is -0.314. The summed E-state index contributed by atoms with van der Waals surface area (Å²) in [5.41, 5.74) is 11.4. The number of phenols is 1. The fourth-order valence-electron chi connectivity index (χ4n) is 8.18. The molecule has 1 aliphatic carbocycles. The lowest BCUT2D eigenvalue weighted by Crippen LogP contribution is -2.62. The van der Waals surface area contributed by atoms with Crippen molar-refractivity contribution in [3.8, 4) is 5.75 Å². The van der Waals surface area contributed by atoms with Gasteiger partial charge in [-0.15, -0.1) is 0 Å². The summed E-state index contributed by atoms with van der Waals surface area (Å²) in [6.07, 6.45) is -10.0. The highest BCUT2D eigenvalue weighted by molar-refractivity contribution is 5.93. The van der Waals surface area contributed by atoms with E-state index in [0.29, 0.717) is 31.4 Å². The van der Waals surface area contributed by atoms with Crippen LogP contribution in [0.3, 0.4) is 0 Å². The number of benzene rings is 1. The molecule has 12 atom stereocenters. The van der Waals surface area contributed by atoms with Crippen molar-refractivity contribution in [3.05, 3.63) is 29.8 Å². The number of nitrogens with zero attached hydrogens (tertiary/aromatic N) is 2. The molecule has 1 aromatic carbocycles. The predicted molar refractivity (Wildman–Crippen MR) is 217 cm³/mol. The minimum absolute atomic E-state index is 0.00818. The summed E-state index contributed by atoms with van der Waals surface area (Å²) < 4.78 is 17.5. The molecule has 4 rings (SSSR count). The Balaban J connectivity index is 1.66. The first kappa shape index (κ1) is 49.1. The number of hydrogen-bond donors (Lipinski definition) is 10. The van der Waals surface area contributed by atoms with Gasteiger partial charge in [0.1, 0.15) is 48.4 Å². The summed E-state index contributed by atoms with van der Waals surface area (Å²) >= 11 is 0. The Hall–Kier alpha value is -4.60. The molecule has 0 aromatic heterocycles. The number of phenolic OH excluding ortho intramolecular Hbond substituents is 1. The van der Waals surface area contributed by atoms with Crippen molar-refractivity contribution in [3.63, 3.8) is 0 Å². The van der Waals surface area contributed by atoms with E-state index in [1.54, 1.807) is 12.1 Å². The van der Waals surface area contributed by atoms with E-state index in [1.165, 1.54) is 17.0 Å². The van der Waals surface area contributed by atoms with E-state index in [0.717, 1.165) is 12.8 Å². The van der Waals surface area contributed by atoms with Crippen LogP contribution in [0.1, 0.15) is 90.5 Å². The number of nitrogens with two attached hydrogens (primary N) is 2. The van der Waals surface area contributed by atoms with E-state index >= 15 is 0 Å². The third kappa shape index (κ3) is 13.7. The normalized spacial score (nSPS) is 28.3. The van der Waals surface area contributed by atoms with Gasteiger partial charge in [0.05, 0.1) is 6.10 Å². The first-order valence-corrected chi connectivity index (χ1v) is 21.1. The second kappa shape index (κ2) is 23.0. The van der Waals surface area contributed by atoms with E-state index in [9.17, 15) is 54.6 Å². The van der Waals surface area contributed by atoms with Gasteiger partial charge >= 0.3 is 11.9 Å². The van der Waals surface area contributed by atoms with Gasteiger partial charge in [-0.1, -0.05) is 45.7 Å². The van der Waals surface area contributed by atoms with Crippen molar-refractivity contribution in [1.29, 1.82) is 0 Å². The number of aliphatic carboxylic acids is 1. The quantitative estimate of drug-likeness (QED) is 0.0311. The maximum Gasteiger partial charge on any atom is 0.335 e. The molecule has 3 amide bonds. The van der Waals surface area contributed by atoms with Gasteiger partial charge in [0, 0.05) is 32.0 Å². The second-order valence-electron chi connectivity index (χ2n) is 16.6. The minimum Gasteiger partial charge on any atom is -0.508 e. The number of likely N-dealkylation sites (tertiary alicyclic amines) is 1. The number of fused-ring (bicyclic) bond motifs is 1. The fourth-order valence-corrected chi connectivity index (χ4v) is 8.18. The molecule has 1 aromatic rings.